The van der Waals surface area contributed by atoms with Crippen LogP contribution < -0.4 is 5.73 Å². The summed E-state index contributed by atoms with van der Waals surface area (Å²) in [5.74, 6) is -1.88. The van der Waals surface area contributed by atoms with Gasteiger partial charge in [0.1, 0.15) is 5.60 Å². The lowest BCUT2D eigenvalue weighted by molar-refractivity contribution is -0.177. The maximum Gasteiger partial charge on any atom is 0.325 e. The van der Waals surface area contributed by atoms with Crippen LogP contribution in [-0.2, 0) is 14.3 Å². The van der Waals surface area contributed by atoms with E-state index in [-0.39, 0.29) is 6.42 Å². The van der Waals surface area contributed by atoms with Crippen molar-refractivity contribution in [3.8, 4) is 0 Å². The first-order valence-electron chi connectivity index (χ1n) is 5.42. The Labute approximate surface area is 95.0 Å². The van der Waals surface area contributed by atoms with Crippen molar-refractivity contribution < 1.29 is 19.4 Å². The van der Waals surface area contributed by atoms with E-state index in [1.807, 2.05) is 0 Å². The van der Waals surface area contributed by atoms with Gasteiger partial charge in [-0.3, -0.25) is 9.59 Å². The zero-order valence-electron chi connectivity index (χ0n) is 9.95. The predicted octanol–water partition coefficient (Wildman–Crippen LogP) is 0.910. The van der Waals surface area contributed by atoms with Crippen LogP contribution in [-0.4, -0.2) is 28.7 Å². The van der Waals surface area contributed by atoms with Crippen molar-refractivity contribution >= 4 is 11.9 Å². The van der Waals surface area contributed by atoms with E-state index in [2.05, 4.69) is 0 Å². The summed E-state index contributed by atoms with van der Waals surface area (Å²) in [6, 6.07) is -0.653. The van der Waals surface area contributed by atoms with Crippen molar-refractivity contribution in [2.45, 2.75) is 51.7 Å². The van der Waals surface area contributed by atoms with Gasteiger partial charge in [0.25, 0.3) is 0 Å². The van der Waals surface area contributed by atoms with Gasteiger partial charge in [0.05, 0.1) is 0 Å². The number of ether oxygens (including phenoxy) is 1. The van der Waals surface area contributed by atoms with E-state index >= 15 is 0 Å². The summed E-state index contributed by atoms with van der Waals surface area (Å²) in [7, 11) is 0. The molecule has 16 heavy (non-hydrogen) atoms. The first-order valence-corrected chi connectivity index (χ1v) is 5.42. The van der Waals surface area contributed by atoms with Gasteiger partial charge in [-0.25, -0.2) is 0 Å². The molecule has 0 radical (unpaired) electrons. The molecule has 1 saturated carbocycles. The molecule has 0 bridgehead atoms. The van der Waals surface area contributed by atoms with Gasteiger partial charge in [0.15, 0.2) is 5.41 Å². The molecule has 0 aromatic carbocycles. The summed E-state index contributed by atoms with van der Waals surface area (Å²) in [5.41, 5.74) is 3.51. The zero-order valence-corrected chi connectivity index (χ0v) is 9.95. The summed E-state index contributed by atoms with van der Waals surface area (Å²) in [6.07, 6.45) is 1.46. The van der Waals surface area contributed by atoms with Gasteiger partial charge >= 0.3 is 11.9 Å². The van der Waals surface area contributed by atoms with E-state index in [9.17, 15) is 14.7 Å². The van der Waals surface area contributed by atoms with Crippen molar-refractivity contribution in [3.63, 3.8) is 0 Å². The van der Waals surface area contributed by atoms with Gasteiger partial charge < -0.3 is 15.6 Å². The van der Waals surface area contributed by atoms with E-state index in [0.717, 1.165) is 0 Å². The zero-order chi connectivity index (χ0) is 12.6. The van der Waals surface area contributed by atoms with Gasteiger partial charge in [-0.05, 0) is 33.6 Å². The molecular weight excluding hydrogens is 210 g/mol. The highest BCUT2D eigenvalue weighted by Gasteiger charge is 2.56. The average Bonchev–Trinajstić information content (AvgIpc) is 2.44. The van der Waals surface area contributed by atoms with Crippen LogP contribution in [0.3, 0.4) is 0 Å². The topological polar surface area (TPSA) is 89.6 Å². The fraction of sp³-hybridized carbons (Fsp3) is 0.818. The van der Waals surface area contributed by atoms with Gasteiger partial charge in [-0.2, -0.15) is 0 Å². The SMILES string of the molecule is CC(C)(C)OC(=O)[C@@]1(C(=O)O)CCC[C@H]1N. The molecule has 0 heterocycles. The lowest BCUT2D eigenvalue weighted by Gasteiger charge is -2.30. The molecule has 0 unspecified atom stereocenters. The van der Waals surface area contributed by atoms with E-state index in [4.69, 9.17) is 10.5 Å². The third-order valence-electron chi connectivity index (χ3n) is 2.86. The van der Waals surface area contributed by atoms with Gasteiger partial charge in [-0.15, -0.1) is 0 Å². The number of carboxylic acids is 1. The van der Waals surface area contributed by atoms with Crippen LogP contribution in [0.15, 0.2) is 0 Å². The summed E-state index contributed by atoms with van der Waals surface area (Å²) < 4.78 is 5.16. The number of esters is 1. The van der Waals surface area contributed by atoms with Crippen LogP contribution in [0.4, 0.5) is 0 Å². The number of nitrogens with two attached hydrogens (primary N) is 1. The first-order chi connectivity index (χ1) is 7.20. The van der Waals surface area contributed by atoms with Crippen LogP contribution in [0, 0.1) is 5.41 Å². The molecule has 2 atom stereocenters. The second-order valence-electron chi connectivity index (χ2n) is 5.28. The molecule has 0 aromatic rings. The van der Waals surface area contributed by atoms with E-state index in [0.29, 0.717) is 12.8 Å². The number of carbonyl (C=O) groups excluding carboxylic acids is 1. The Morgan fingerprint density at radius 1 is 1.44 bits per heavy atom. The van der Waals surface area contributed by atoms with Crippen molar-refractivity contribution in [2.24, 2.45) is 11.1 Å². The quantitative estimate of drug-likeness (QED) is 0.542. The molecule has 92 valence electrons. The highest BCUT2D eigenvalue weighted by atomic mass is 16.6. The lowest BCUT2D eigenvalue weighted by atomic mass is 9.83. The molecule has 3 N–H and O–H groups in total. The number of rotatable bonds is 2. The van der Waals surface area contributed by atoms with Crippen LogP contribution in [0.25, 0.3) is 0 Å². The molecule has 0 amide bonds. The van der Waals surface area contributed by atoms with Crippen LogP contribution in [0.5, 0.6) is 0 Å². The minimum atomic E-state index is -1.55. The molecule has 1 aliphatic carbocycles. The Morgan fingerprint density at radius 3 is 2.31 bits per heavy atom. The molecular formula is C11H19NO4. The van der Waals surface area contributed by atoms with Crippen molar-refractivity contribution in [1.82, 2.24) is 0 Å². The Morgan fingerprint density at radius 2 is 2.00 bits per heavy atom. The van der Waals surface area contributed by atoms with Crippen LogP contribution in [0.2, 0.25) is 0 Å². The van der Waals surface area contributed by atoms with Crippen molar-refractivity contribution in [1.29, 1.82) is 0 Å². The van der Waals surface area contributed by atoms with Crippen LogP contribution >= 0.6 is 0 Å². The van der Waals surface area contributed by atoms with Gasteiger partial charge in [-0.1, -0.05) is 6.42 Å². The molecule has 1 rings (SSSR count). The van der Waals surface area contributed by atoms with Gasteiger partial charge in [0, 0.05) is 6.04 Å². The molecule has 5 heteroatoms. The third kappa shape index (κ3) is 2.19. The maximum atomic E-state index is 12.0. The number of aliphatic carboxylic acids is 1. The van der Waals surface area contributed by atoms with Crippen LogP contribution in [0.1, 0.15) is 40.0 Å². The lowest BCUT2D eigenvalue weighted by Crippen LogP contribution is -2.51. The van der Waals surface area contributed by atoms with Crippen molar-refractivity contribution in [2.75, 3.05) is 0 Å². The Bertz CT molecular complexity index is 308. The molecule has 1 aliphatic rings. The van der Waals surface area contributed by atoms with E-state index in [1.165, 1.54) is 0 Å². The normalized spacial score (nSPS) is 30.1. The van der Waals surface area contributed by atoms with E-state index in [1.54, 1.807) is 20.8 Å². The summed E-state index contributed by atoms with van der Waals surface area (Å²) in [4.78, 5) is 23.2. The van der Waals surface area contributed by atoms with Crippen molar-refractivity contribution in [3.05, 3.63) is 0 Å². The smallest absolute Gasteiger partial charge is 0.325 e. The summed E-state index contributed by atoms with van der Waals surface area (Å²) in [6.45, 7) is 5.13. The summed E-state index contributed by atoms with van der Waals surface area (Å²) in [5, 5.41) is 9.22. The summed E-state index contributed by atoms with van der Waals surface area (Å²) >= 11 is 0. The standard InChI is InChI=1S/C11H19NO4/c1-10(2,3)16-9(15)11(8(13)14)6-4-5-7(11)12/h7H,4-6,12H2,1-3H3,(H,13,14)/t7-,11+/m1/s1. The highest BCUT2D eigenvalue weighted by molar-refractivity contribution is 6.00. The first kappa shape index (κ1) is 13.0. The molecule has 0 aromatic heterocycles. The second kappa shape index (κ2) is 4.05. The fourth-order valence-corrected chi connectivity index (χ4v) is 2.01. The predicted molar refractivity (Wildman–Crippen MR) is 57.7 cm³/mol. The maximum absolute atomic E-state index is 12.0. The minimum absolute atomic E-state index is 0.262. The number of hydrogen-bond acceptors (Lipinski definition) is 4. The molecule has 1 fully saturated rings. The number of carboxylic acid groups (broad SMARTS) is 1. The van der Waals surface area contributed by atoms with E-state index < -0.39 is 29.0 Å². The minimum Gasteiger partial charge on any atom is -0.480 e. The van der Waals surface area contributed by atoms with Gasteiger partial charge in [0.2, 0.25) is 0 Å². The second-order valence-corrected chi connectivity index (χ2v) is 5.28. The average molecular weight is 229 g/mol. The number of carbonyl (C=O) groups is 2. The Balaban J connectivity index is 2.95. The molecule has 5 nitrogen and oxygen atoms in total. The molecule has 0 saturated heterocycles. The largest absolute Gasteiger partial charge is 0.480 e. The fourth-order valence-electron chi connectivity index (χ4n) is 2.01. The Kier molecular flexibility index (Phi) is 3.28. The monoisotopic (exact) mass is 229 g/mol. The molecule has 0 aliphatic heterocycles. The number of hydrogen-bond donors (Lipinski definition) is 2. The molecule has 0 spiro atoms. The highest BCUT2D eigenvalue weighted by Crippen LogP contribution is 2.39. The third-order valence-corrected chi connectivity index (χ3v) is 2.86. The Hall–Kier alpha value is -1.10.